The van der Waals surface area contributed by atoms with E-state index in [1.807, 2.05) is 13.8 Å². The molecule has 4 nitrogen and oxygen atoms in total. The lowest BCUT2D eigenvalue weighted by Gasteiger charge is -2.47. The SMILES string of the molecule is C[C@H](O)C=C=C1C(C)(C)C[C@H](O)[C@@H](O)[C@@]1(C)O. The first-order chi connectivity index (χ1) is 7.59. The first-order valence-electron chi connectivity index (χ1n) is 5.83. The maximum Gasteiger partial charge on any atom is 0.119 e. The lowest BCUT2D eigenvalue weighted by molar-refractivity contribution is -0.133. The minimum atomic E-state index is -1.54. The summed E-state index contributed by atoms with van der Waals surface area (Å²) in [5.41, 5.74) is 1.36. The zero-order valence-corrected chi connectivity index (χ0v) is 10.8. The zero-order chi connectivity index (χ0) is 13.4. The third kappa shape index (κ3) is 2.79. The Hall–Kier alpha value is -0.640. The van der Waals surface area contributed by atoms with Gasteiger partial charge in [-0.25, -0.2) is 0 Å². The van der Waals surface area contributed by atoms with Gasteiger partial charge in [0, 0.05) is 5.57 Å². The van der Waals surface area contributed by atoms with Crippen LogP contribution in [0.2, 0.25) is 0 Å². The topological polar surface area (TPSA) is 80.9 Å². The molecule has 1 fully saturated rings. The fraction of sp³-hybridized carbons (Fsp3) is 0.769. The molecule has 17 heavy (non-hydrogen) atoms. The maximum absolute atomic E-state index is 10.3. The average Bonchev–Trinajstić information content (AvgIpc) is 2.12. The largest absolute Gasteiger partial charge is 0.390 e. The van der Waals surface area contributed by atoms with E-state index in [-0.39, 0.29) is 0 Å². The van der Waals surface area contributed by atoms with E-state index >= 15 is 0 Å². The molecule has 0 unspecified atom stereocenters. The van der Waals surface area contributed by atoms with Gasteiger partial charge in [0.15, 0.2) is 0 Å². The fourth-order valence-electron chi connectivity index (χ4n) is 2.49. The van der Waals surface area contributed by atoms with Crippen molar-refractivity contribution in [2.75, 3.05) is 0 Å². The van der Waals surface area contributed by atoms with Crippen molar-refractivity contribution in [3.05, 3.63) is 17.4 Å². The Bertz CT molecular complexity index is 348. The van der Waals surface area contributed by atoms with Gasteiger partial charge < -0.3 is 20.4 Å². The smallest absolute Gasteiger partial charge is 0.119 e. The second-order valence-corrected chi connectivity index (χ2v) is 5.67. The summed E-state index contributed by atoms with van der Waals surface area (Å²) in [6.07, 6.45) is -1.08. The molecule has 4 heteroatoms. The summed E-state index contributed by atoms with van der Waals surface area (Å²) in [5, 5.41) is 39.1. The molecule has 98 valence electrons. The number of aliphatic hydroxyl groups is 4. The summed E-state index contributed by atoms with van der Waals surface area (Å²) < 4.78 is 0. The first kappa shape index (κ1) is 14.4. The zero-order valence-electron chi connectivity index (χ0n) is 10.8. The van der Waals surface area contributed by atoms with Crippen LogP contribution in [0.15, 0.2) is 17.4 Å². The van der Waals surface area contributed by atoms with Gasteiger partial charge in [-0.3, -0.25) is 0 Å². The Kier molecular flexibility index (Phi) is 3.87. The van der Waals surface area contributed by atoms with Crippen molar-refractivity contribution in [2.45, 2.75) is 58.0 Å². The first-order valence-corrected chi connectivity index (χ1v) is 5.83. The van der Waals surface area contributed by atoms with Crippen LogP contribution in [0.1, 0.15) is 34.1 Å². The van der Waals surface area contributed by atoms with Crippen LogP contribution in [0, 0.1) is 5.41 Å². The lowest BCUT2D eigenvalue weighted by atomic mass is 9.64. The van der Waals surface area contributed by atoms with Gasteiger partial charge in [0.25, 0.3) is 0 Å². The van der Waals surface area contributed by atoms with E-state index in [1.54, 1.807) is 6.92 Å². The molecule has 1 saturated carbocycles. The number of rotatable bonds is 1. The summed E-state index contributed by atoms with van der Waals surface area (Å²) in [6, 6.07) is 0. The molecule has 0 bridgehead atoms. The molecule has 4 N–H and O–H groups in total. The predicted octanol–water partition coefficient (Wildman–Crippen LogP) is 0.351. The highest BCUT2D eigenvalue weighted by Gasteiger charge is 2.50. The average molecular weight is 242 g/mol. The van der Waals surface area contributed by atoms with Gasteiger partial charge in [0.05, 0.1) is 12.2 Å². The van der Waals surface area contributed by atoms with Gasteiger partial charge in [-0.05, 0) is 31.8 Å². The molecule has 0 aliphatic heterocycles. The Balaban J connectivity index is 3.28. The Labute approximate surface area is 102 Å². The Morgan fingerprint density at radius 2 is 1.88 bits per heavy atom. The molecule has 0 heterocycles. The van der Waals surface area contributed by atoms with Crippen molar-refractivity contribution in [3.63, 3.8) is 0 Å². The number of hydrogen-bond donors (Lipinski definition) is 4. The van der Waals surface area contributed by atoms with Crippen molar-refractivity contribution in [1.29, 1.82) is 0 Å². The van der Waals surface area contributed by atoms with Crippen molar-refractivity contribution in [2.24, 2.45) is 5.41 Å². The Morgan fingerprint density at radius 3 is 2.35 bits per heavy atom. The van der Waals surface area contributed by atoms with Crippen molar-refractivity contribution in [3.8, 4) is 0 Å². The van der Waals surface area contributed by atoms with Crippen LogP contribution in [0.3, 0.4) is 0 Å². The van der Waals surface area contributed by atoms with E-state index in [0.717, 1.165) is 0 Å². The standard InChI is InChI=1S/C13H22O4/c1-8(14)5-6-10-12(2,3)7-9(15)11(16)13(10,4)17/h5,8-9,11,14-17H,7H2,1-4H3/t6?,8-,9-,11+,13-/m0/s1. The highest BCUT2D eigenvalue weighted by atomic mass is 16.4. The van der Waals surface area contributed by atoms with E-state index in [1.165, 1.54) is 13.0 Å². The third-order valence-electron chi connectivity index (χ3n) is 3.31. The highest BCUT2D eigenvalue weighted by molar-refractivity contribution is 5.28. The van der Waals surface area contributed by atoms with E-state index < -0.39 is 29.3 Å². The van der Waals surface area contributed by atoms with E-state index in [9.17, 15) is 20.4 Å². The maximum atomic E-state index is 10.3. The summed E-state index contributed by atoms with van der Waals surface area (Å²) in [5.74, 6) is 0. The summed E-state index contributed by atoms with van der Waals surface area (Å²) in [7, 11) is 0. The molecule has 1 rings (SSSR count). The third-order valence-corrected chi connectivity index (χ3v) is 3.31. The molecule has 1 aliphatic carbocycles. The van der Waals surface area contributed by atoms with Gasteiger partial charge >= 0.3 is 0 Å². The van der Waals surface area contributed by atoms with Crippen LogP contribution < -0.4 is 0 Å². The highest BCUT2D eigenvalue weighted by Crippen LogP contribution is 2.45. The molecule has 0 aromatic carbocycles. The van der Waals surface area contributed by atoms with Gasteiger partial charge in [-0.2, -0.15) is 0 Å². The normalized spacial score (nSPS) is 38.5. The Morgan fingerprint density at radius 1 is 1.35 bits per heavy atom. The predicted molar refractivity (Wildman–Crippen MR) is 64.3 cm³/mol. The van der Waals surface area contributed by atoms with Crippen LogP contribution in [0.5, 0.6) is 0 Å². The summed E-state index contributed by atoms with van der Waals surface area (Å²) in [6.45, 7) is 6.78. The van der Waals surface area contributed by atoms with Gasteiger partial charge in [-0.15, -0.1) is 5.73 Å². The monoisotopic (exact) mass is 242 g/mol. The quantitative estimate of drug-likeness (QED) is 0.500. The molecule has 0 aromatic heterocycles. The number of aliphatic hydroxyl groups excluding tert-OH is 3. The molecule has 0 radical (unpaired) electrons. The summed E-state index contributed by atoms with van der Waals surface area (Å²) in [4.78, 5) is 0. The van der Waals surface area contributed by atoms with Crippen molar-refractivity contribution >= 4 is 0 Å². The molecule has 0 spiro atoms. The van der Waals surface area contributed by atoms with Gasteiger partial charge in [-0.1, -0.05) is 13.8 Å². The van der Waals surface area contributed by atoms with Gasteiger partial charge in [0.1, 0.15) is 11.7 Å². The van der Waals surface area contributed by atoms with Crippen molar-refractivity contribution in [1.82, 2.24) is 0 Å². The van der Waals surface area contributed by atoms with Crippen molar-refractivity contribution < 1.29 is 20.4 Å². The summed E-state index contributed by atoms with van der Waals surface area (Å²) >= 11 is 0. The molecule has 4 atom stereocenters. The second-order valence-electron chi connectivity index (χ2n) is 5.67. The van der Waals surface area contributed by atoms with Crippen LogP contribution in [-0.4, -0.2) is 44.3 Å². The van der Waals surface area contributed by atoms with E-state index in [0.29, 0.717) is 12.0 Å². The molecule has 0 aromatic rings. The van der Waals surface area contributed by atoms with Gasteiger partial charge in [0.2, 0.25) is 0 Å². The van der Waals surface area contributed by atoms with Crippen LogP contribution in [-0.2, 0) is 0 Å². The second kappa shape index (κ2) is 4.56. The van der Waals surface area contributed by atoms with Crippen LogP contribution in [0.25, 0.3) is 0 Å². The fourth-order valence-corrected chi connectivity index (χ4v) is 2.49. The minimum Gasteiger partial charge on any atom is -0.390 e. The van der Waals surface area contributed by atoms with Crippen LogP contribution >= 0.6 is 0 Å². The molecule has 0 saturated heterocycles. The molecular weight excluding hydrogens is 220 g/mol. The van der Waals surface area contributed by atoms with E-state index in [4.69, 9.17) is 0 Å². The molecule has 1 aliphatic rings. The number of hydrogen-bond acceptors (Lipinski definition) is 4. The lowest BCUT2D eigenvalue weighted by Crippen LogP contribution is -2.56. The minimum absolute atomic E-state index is 0.348. The molecular formula is C13H22O4. The van der Waals surface area contributed by atoms with Crippen LogP contribution in [0.4, 0.5) is 0 Å². The molecule has 0 amide bonds. The van der Waals surface area contributed by atoms with E-state index in [2.05, 4.69) is 5.73 Å².